The van der Waals surface area contributed by atoms with Crippen LogP contribution in [0.3, 0.4) is 0 Å². The van der Waals surface area contributed by atoms with Gasteiger partial charge in [0.25, 0.3) is 0 Å². The molecule has 14 N–H and O–H groups in total. The fourth-order valence-corrected chi connectivity index (χ4v) is 17.3. The lowest BCUT2D eigenvalue weighted by atomic mass is 9.33. The Morgan fingerprint density at radius 2 is 1.13 bits per heavy atom. The smallest absolute Gasteiger partial charge is 0.315 e. The zero-order chi connectivity index (χ0) is 61.3. The Kier molecular flexibility index (Phi) is 18.5. The topological polar surface area (TPSA) is 402 Å². The van der Waals surface area contributed by atoms with Gasteiger partial charge >= 0.3 is 5.97 Å². The molecule has 0 aromatic heterocycles. The standard InChI is InChI=1S/C58H94O26/c1-23-32(60)36(64)40(68)47(76-23)80-44-34(62)27(59)21-74-50(44)79-31-13-14-55(7)29(54(31,5)6)12-15-57(9)30(55)11-10-25-26-20-53(3,4)16-18-58(26,19-17-56(25,57)8)52(72)83-49-42(70)38(66)35(63)28(78-49)22-75-46-43(71)39(67)45(51(82-46)84-73)81-48-41(69)37(65)33(61)24(2)77-48/h10,23-24,26-51,59-71,73H,11-22H2,1-9H3/t23-,24-,26-,27+,28+,29-,30+,31-,32-,33-,34-,35+,36+,37+,38-,39+,40+,41+,42+,43+,44+,45-,46+,47-,48-,49-,50-,51+,55-,56+,57+,58-/m0/s1. The molecule has 32 atom stereocenters. The van der Waals surface area contributed by atoms with Crippen LogP contribution in [0, 0.1) is 50.2 Å². The number of esters is 1. The molecule has 0 aromatic rings. The largest absolute Gasteiger partial charge is 0.432 e. The van der Waals surface area contributed by atoms with Gasteiger partial charge in [-0.25, -0.2) is 10.1 Å². The Balaban J connectivity index is 0.824. The van der Waals surface area contributed by atoms with E-state index in [-0.39, 0.29) is 52.1 Å². The van der Waals surface area contributed by atoms with Gasteiger partial charge in [-0.05, 0) is 123 Å². The number of carbonyl (C=O) groups is 1. The first-order chi connectivity index (χ1) is 39.3. The van der Waals surface area contributed by atoms with E-state index in [1.807, 2.05) is 0 Å². The Morgan fingerprint density at radius 3 is 1.75 bits per heavy atom. The van der Waals surface area contributed by atoms with Gasteiger partial charge in [0, 0.05) is 0 Å². The number of aliphatic hydroxyl groups is 13. The van der Waals surface area contributed by atoms with Gasteiger partial charge in [0.1, 0.15) is 97.7 Å². The van der Waals surface area contributed by atoms with E-state index >= 15 is 4.79 Å². The number of aliphatic hydroxyl groups excluding tert-OH is 13. The van der Waals surface area contributed by atoms with Crippen molar-refractivity contribution in [2.24, 2.45) is 50.2 Å². The SMILES string of the molecule is C[C@@H]1O[C@@H](O[C@@H]2[C@@H](OO)O[C@@H](OC[C@H]3O[C@@H](OC(=O)[C@]45CCC(C)(C)C[C@H]4C4=CC[C@@H]6[C@@]7(C)CC[C@H](O[C@@H]8OC[C@@H](O)[C@H](O)[C@H]8O[C@@H]8O[C@@H](C)[C@H](O)[C@@H](O)[C@H]8O)C(C)(C)[C@@H]7CC[C@@]6(C)[C@]4(C)CC5)[C@H](O)[C@@H](O)[C@@H]3O)[C@H](O)[C@H]2O)[C@H](O)[C@H](O)[C@H]1O. The zero-order valence-corrected chi connectivity index (χ0v) is 49.4. The first-order valence-electron chi connectivity index (χ1n) is 30.1. The maximum Gasteiger partial charge on any atom is 0.315 e. The van der Waals surface area contributed by atoms with Crippen LogP contribution in [0.1, 0.15) is 127 Å². The van der Waals surface area contributed by atoms with Crippen molar-refractivity contribution in [2.45, 2.75) is 280 Å². The molecule has 10 aliphatic rings. The highest BCUT2D eigenvalue weighted by Gasteiger charge is 2.70. The molecule has 26 heteroatoms. The highest BCUT2D eigenvalue weighted by atomic mass is 17.1. The highest BCUT2D eigenvalue weighted by molar-refractivity contribution is 5.79. The number of ether oxygens (including phenoxy) is 10. The third-order valence-electron chi connectivity index (χ3n) is 22.8. The van der Waals surface area contributed by atoms with E-state index in [0.29, 0.717) is 38.5 Å². The van der Waals surface area contributed by atoms with Crippen molar-refractivity contribution in [1.82, 2.24) is 0 Å². The van der Waals surface area contributed by atoms with Crippen LogP contribution in [0.4, 0.5) is 0 Å². The molecule has 26 nitrogen and oxygen atoms in total. The summed E-state index contributed by atoms with van der Waals surface area (Å²) in [5.41, 5.74) is -1.18. The van der Waals surface area contributed by atoms with E-state index in [9.17, 15) is 71.6 Å². The van der Waals surface area contributed by atoms with Gasteiger partial charge in [0.2, 0.25) is 12.6 Å². The minimum atomic E-state index is -1.97. The van der Waals surface area contributed by atoms with Crippen LogP contribution in [0.15, 0.2) is 11.6 Å². The van der Waals surface area contributed by atoms with Crippen LogP contribution >= 0.6 is 0 Å². The highest BCUT2D eigenvalue weighted by Crippen LogP contribution is 2.76. The summed E-state index contributed by atoms with van der Waals surface area (Å²) in [6.07, 6.45) is -29.5. The molecule has 0 spiro atoms. The molecule has 0 radical (unpaired) electrons. The lowest BCUT2D eigenvalue weighted by Gasteiger charge is -2.71. The molecule has 482 valence electrons. The second kappa shape index (κ2) is 23.8. The average Bonchev–Trinajstić information content (AvgIpc) is 0.692. The minimum Gasteiger partial charge on any atom is -0.432 e. The molecule has 0 aromatic carbocycles. The monoisotopic (exact) mass is 1210 g/mol. The third-order valence-corrected chi connectivity index (χ3v) is 22.8. The summed E-state index contributed by atoms with van der Waals surface area (Å²) in [6, 6.07) is 0. The molecule has 9 fully saturated rings. The third kappa shape index (κ3) is 10.9. The van der Waals surface area contributed by atoms with Crippen LogP contribution in [0.25, 0.3) is 0 Å². The number of rotatable bonds is 12. The normalized spacial score (nSPS) is 54.6. The van der Waals surface area contributed by atoms with Crippen LogP contribution < -0.4 is 0 Å². The maximum atomic E-state index is 15.2. The van der Waals surface area contributed by atoms with Gasteiger partial charge in [-0.1, -0.05) is 60.1 Å². The molecule has 5 aliphatic heterocycles. The molecule has 5 heterocycles. The lowest BCUT2D eigenvalue weighted by molar-refractivity contribution is -0.446. The van der Waals surface area contributed by atoms with Crippen molar-refractivity contribution in [3.05, 3.63) is 11.6 Å². The number of allylic oxidation sites excluding steroid dienone is 2. The van der Waals surface area contributed by atoms with E-state index in [2.05, 4.69) is 59.4 Å². The maximum absolute atomic E-state index is 15.2. The fraction of sp³-hybridized carbons (Fsp3) is 0.948. The molecule has 0 bridgehead atoms. The minimum absolute atomic E-state index is 0.159. The van der Waals surface area contributed by atoms with Gasteiger partial charge < -0.3 is 114 Å². The van der Waals surface area contributed by atoms with Crippen molar-refractivity contribution in [3.63, 3.8) is 0 Å². The Morgan fingerprint density at radius 1 is 0.560 bits per heavy atom. The van der Waals surface area contributed by atoms with Crippen molar-refractivity contribution < 1.29 is 129 Å². The summed E-state index contributed by atoms with van der Waals surface area (Å²) in [5.74, 6) is -0.490. The Labute approximate surface area is 488 Å². The molecule has 4 saturated carbocycles. The van der Waals surface area contributed by atoms with E-state index in [4.69, 9.17) is 47.4 Å². The van der Waals surface area contributed by atoms with E-state index in [0.717, 1.165) is 25.7 Å². The summed E-state index contributed by atoms with van der Waals surface area (Å²) in [4.78, 5) is 19.6. The zero-order valence-electron chi connectivity index (χ0n) is 49.4. The van der Waals surface area contributed by atoms with Gasteiger partial charge in [0.05, 0.1) is 36.9 Å². The summed E-state index contributed by atoms with van der Waals surface area (Å²) in [5, 5.41) is 150. The van der Waals surface area contributed by atoms with E-state index < -0.39 is 171 Å². The van der Waals surface area contributed by atoms with Crippen LogP contribution in [0.2, 0.25) is 0 Å². The number of hydrogen-bond donors (Lipinski definition) is 14. The Bertz CT molecular complexity index is 2350. The second-order valence-electron chi connectivity index (χ2n) is 28.4. The molecule has 0 amide bonds. The molecule has 84 heavy (non-hydrogen) atoms. The predicted molar refractivity (Wildman–Crippen MR) is 283 cm³/mol. The van der Waals surface area contributed by atoms with Crippen molar-refractivity contribution in [1.29, 1.82) is 0 Å². The van der Waals surface area contributed by atoms with Crippen LogP contribution in [0.5, 0.6) is 0 Å². The summed E-state index contributed by atoms with van der Waals surface area (Å²) in [7, 11) is 0. The summed E-state index contributed by atoms with van der Waals surface area (Å²) >= 11 is 0. The van der Waals surface area contributed by atoms with Crippen molar-refractivity contribution in [3.8, 4) is 0 Å². The molecule has 10 rings (SSSR count). The van der Waals surface area contributed by atoms with E-state index in [1.54, 1.807) is 0 Å². The fourth-order valence-electron chi connectivity index (χ4n) is 17.3. The Hall–Kier alpha value is -1.75. The van der Waals surface area contributed by atoms with Gasteiger partial charge in [-0.3, -0.25) is 4.79 Å². The summed E-state index contributed by atoms with van der Waals surface area (Å²) < 4.78 is 59.1. The molecular formula is C58H94O26. The predicted octanol–water partition coefficient (Wildman–Crippen LogP) is -1.06. The molecule has 5 saturated heterocycles. The van der Waals surface area contributed by atoms with Crippen LogP contribution in [-0.4, -0.2) is 245 Å². The molecule has 0 unspecified atom stereocenters. The first kappa shape index (κ1) is 65.2. The number of fused-ring (bicyclic) bond motifs is 7. The van der Waals surface area contributed by atoms with Crippen LogP contribution in [-0.2, 0) is 57.1 Å². The van der Waals surface area contributed by atoms with Crippen molar-refractivity contribution in [2.75, 3.05) is 13.2 Å². The number of hydrogen-bond acceptors (Lipinski definition) is 26. The van der Waals surface area contributed by atoms with E-state index in [1.165, 1.54) is 19.4 Å². The van der Waals surface area contributed by atoms with Crippen molar-refractivity contribution >= 4 is 5.97 Å². The first-order valence-corrected chi connectivity index (χ1v) is 30.1. The number of carbonyl (C=O) groups excluding carboxylic acids is 1. The van der Waals surface area contributed by atoms with Gasteiger partial charge in [-0.2, -0.15) is 0 Å². The average molecular weight is 1210 g/mol. The molecular weight excluding hydrogens is 1110 g/mol. The quantitative estimate of drug-likeness (QED) is 0.0364. The van der Waals surface area contributed by atoms with Gasteiger partial charge in [-0.15, -0.1) is 0 Å². The van der Waals surface area contributed by atoms with Gasteiger partial charge in [0.15, 0.2) is 25.2 Å². The lowest BCUT2D eigenvalue weighted by Crippen LogP contribution is -2.66. The summed E-state index contributed by atoms with van der Waals surface area (Å²) in [6.45, 7) is 18.0. The second-order valence-corrected chi connectivity index (χ2v) is 28.4. The molecule has 5 aliphatic carbocycles.